The summed E-state index contributed by atoms with van der Waals surface area (Å²) in [6.07, 6.45) is -0.962. The molecule has 5 rings (SSSR count). The van der Waals surface area contributed by atoms with Crippen LogP contribution in [0.5, 0.6) is 5.75 Å². The van der Waals surface area contributed by atoms with E-state index in [9.17, 15) is 19.5 Å². The fourth-order valence-corrected chi connectivity index (χ4v) is 5.42. The molecule has 32 heavy (non-hydrogen) atoms. The van der Waals surface area contributed by atoms with Gasteiger partial charge in [0.15, 0.2) is 0 Å². The minimum atomic E-state index is -1.48. The van der Waals surface area contributed by atoms with Crippen molar-refractivity contribution < 1.29 is 24.2 Å². The lowest BCUT2D eigenvalue weighted by Crippen LogP contribution is -2.54. The Hall–Kier alpha value is -2.94. The number of methoxy groups -OCH3 is 1. The summed E-state index contributed by atoms with van der Waals surface area (Å²) in [6, 6.07) is 11.3. The van der Waals surface area contributed by atoms with Gasteiger partial charge in [-0.05, 0) is 42.8 Å². The SMILES string of the molecule is COc1ccc(CN2C(=O)[C@H]3[C@@H]([C@@H](C)O)N[C@]4(C(=O)Nc5ccc(Cl)cc54)[C@@H]3C2=O)cc1. The lowest BCUT2D eigenvalue weighted by atomic mass is 9.76. The van der Waals surface area contributed by atoms with Crippen LogP contribution < -0.4 is 15.4 Å². The third kappa shape index (κ3) is 2.80. The van der Waals surface area contributed by atoms with Crippen molar-refractivity contribution in [1.29, 1.82) is 0 Å². The second-order valence-electron chi connectivity index (χ2n) is 8.48. The van der Waals surface area contributed by atoms with Crippen LogP contribution in [0.1, 0.15) is 18.1 Å². The van der Waals surface area contributed by atoms with Crippen LogP contribution in [-0.2, 0) is 26.5 Å². The van der Waals surface area contributed by atoms with Crippen LogP contribution in [0.15, 0.2) is 42.5 Å². The largest absolute Gasteiger partial charge is 0.497 e. The Morgan fingerprint density at radius 1 is 1.16 bits per heavy atom. The number of amides is 3. The zero-order valence-corrected chi connectivity index (χ0v) is 18.2. The van der Waals surface area contributed by atoms with E-state index in [1.165, 1.54) is 4.90 Å². The van der Waals surface area contributed by atoms with E-state index in [1.54, 1.807) is 56.5 Å². The quantitative estimate of drug-likeness (QED) is 0.605. The van der Waals surface area contributed by atoms with Gasteiger partial charge in [-0.1, -0.05) is 23.7 Å². The Labute approximate surface area is 189 Å². The molecule has 2 fully saturated rings. The summed E-state index contributed by atoms with van der Waals surface area (Å²) in [4.78, 5) is 41.5. The molecule has 0 unspecified atom stereocenters. The maximum Gasteiger partial charge on any atom is 0.250 e. The number of hydrogen-bond acceptors (Lipinski definition) is 6. The minimum Gasteiger partial charge on any atom is -0.497 e. The second kappa shape index (κ2) is 7.30. The number of rotatable bonds is 4. The topological polar surface area (TPSA) is 108 Å². The molecule has 2 aromatic carbocycles. The van der Waals surface area contributed by atoms with Gasteiger partial charge in [0, 0.05) is 22.3 Å². The number of halogens is 1. The van der Waals surface area contributed by atoms with Crippen molar-refractivity contribution in [1.82, 2.24) is 10.2 Å². The molecule has 166 valence electrons. The Morgan fingerprint density at radius 2 is 1.88 bits per heavy atom. The zero-order valence-electron chi connectivity index (χ0n) is 17.5. The molecule has 2 aromatic rings. The molecular formula is C23H22ClN3O5. The normalized spacial score (nSPS) is 29.3. The highest BCUT2D eigenvalue weighted by Gasteiger charge is 2.71. The molecule has 9 heteroatoms. The van der Waals surface area contributed by atoms with Gasteiger partial charge in [0.1, 0.15) is 11.3 Å². The van der Waals surface area contributed by atoms with Gasteiger partial charge in [-0.2, -0.15) is 0 Å². The van der Waals surface area contributed by atoms with E-state index in [0.29, 0.717) is 22.0 Å². The van der Waals surface area contributed by atoms with E-state index in [2.05, 4.69) is 10.6 Å². The first-order chi connectivity index (χ1) is 15.3. The molecule has 3 aliphatic rings. The van der Waals surface area contributed by atoms with Gasteiger partial charge in [-0.25, -0.2) is 0 Å². The molecule has 3 amide bonds. The molecule has 5 atom stereocenters. The minimum absolute atomic E-state index is 0.0707. The van der Waals surface area contributed by atoms with Crippen molar-refractivity contribution in [2.24, 2.45) is 11.8 Å². The van der Waals surface area contributed by atoms with Gasteiger partial charge in [-0.3, -0.25) is 24.6 Å². The van der Waals surface area contributed by atoms with Crippen LogP contribution in [0.2, 0.25) is 5.02 Å². The average molecular weight is 456 g/mol. The first-order valence-corrected chi connectivity index (χ1v) is 10.7. The zero-order chi connectivity index (χ0) is 22.8. The predicted molar refractivity (Wildman–Crippen MR) is 116 cm³/mol. The predicted octanol–water partition coefficient (Wildman–Crippen LogP) is 1.65. The van der Waals surface area contributed by atoms with E-state index in [1.807, 2.05) is 0 Å². The molecule has 0 bridgehead atoms. The number of fused-ring (bicyclic) bond motifs is 4. The van der Waals surface area contributed by atoms with Crippen molar-refractivity contribution in [3.63, 3.8) is 0 Å². The number of likely N-dealkylation sites (tertiary alicyclic amines) is 1. The maximum absolute atomic E-state index is 13.6. The summed E-state index contributed by atoms with van der Waals surface area (Å²) in [5, 5.41) is 16.8. The van der Waals surface area contributed by atoms with E-state index >= 15 is 0 Å². The van der Waals surface area contributed by atoms with Gasteiger partial charge >= 0.3 is 0 Å². The number of carbonyl (C=O) groups is 3. The Morgan fingerprint density at radius 3 is 2.53 bits per heavy atom. The number of imide groups is 1. The summed E-state index contributed by atoms with van der Waals surface area (Å²) in [6.45, 7) is 1.62. The summed E-state index contributed by atoms with van der Waals surface area (Å²) >= 11 is 6.21. The highest BCUT2D eigenvalue weighted by atomic mass is 35.5. The van der Waals surface area contributed by atoms with Gasteiger partial charge in [0.2, 0.25) is 17.7 Å². The third-order valence-electron chi connectivity index (χ3n) is 6.72. The molecule has 3 N–H and O–H groups in total. The van der Waals surface area contributed by atoms with Gasteiger partial charge < -0.3 is 15.2 Å². The van der Waals surface area contributed by atoms with E-state index < -0.39 is 47.2 Å². The van der Waals surface area contributed by atoms with Crippen molar-refractivity contribution in [3.8, 4) is 5.75 Å². The molecule has 0 aromatic heterocycles. The molecule has 2 saturated heterocycles. The molecule has 1 spiro atoms. The summed E-state index contributed by atoms with van der Waals surface area (Å²) < 4.78 is 5.16. The fourth-order valence-electron chi connectivity index (χ4n) is 5.25. The molecule has 3 heterocycles. The van der Waals surface area contributed by atoms with Crippen molar-refractivity contribution in [2.75, 3.05) is 12.4 Å². The number of aliphatic hydroxyl groups is 1. The first-order valence-electron chi connectivity index (χ1n) is 10.3. The summed E-state index contributed by atoms with van der Waals surface area (Å²) in [7, 11) is 1.56. The maximum atomic E-state index is 13.6. The molecule has 0 aliphatic carbocycles. The molecule has 0 saturated carbocycles. The number of benzene rings is 2. The lowest BCUT2D eigenvalue weighted by Gasteiger charge is -2.30. The molecular weight excluding hydrogens is 434 g/mol. The van der Waals surface area contributed by atoms with Crippen LogP contribution in [0.3, 0.4) is 0 Å². The third-order valence-corrected chi connectivity index (χ3v) is 6.96. The Bertz CT molecular complexity index is 1130. The number of hydrogen-bond donors (Lipinski definition) is 3. The van der Waals surface area contributed by atoms with Crippen LogP contribution in [0.25, 0.3) is 0 Å². The number of anilines is 1. The highest BCUT2D eigenvalue weighted by molar-refractivity contribution is 6.31. The number of aliphatic hydroxyl groups excluding tert-OH is 1. The number of nitrogens with one attached hydrogen (secondary N) is 2. The first kappa shape index (κ1) is 20.9. The smallest absolute Gasteiger partial charge is 0.250 e. The van der Waals surface area contributed by atoms with Crippen LogP contribution in [0, 0.1) is 11.8 Å². The van der Waals surface area contributed by atoms with Crippen molar-refractivity contribution in [2.45, 2.75) is 31.2 Å². The number of carbonyl (C=O) groups excluding carboxylic acids is 3. The van der Waals surface area contributed by atoms with E-state index in [0.717, 1.165) is 5.56 Å². The van der Waals surface area contributed by atoms with Gasteiger partial charge in [0.05, 0.1) is 31.6 Å². The second-order valence-corrected chi connectivity index (χ2v) is 8.91. The van der Waals surface area contributed by atoms with Gasteiger partial charge in [-0.15, -0.1) is 0 Å². The highest BCUT2D eigenvalue weighted by Crippen LogP contribution is 2.53. The van der Waals surface area contributed by atoms with E-state index in [4.69, 9.17) is 16.3 Å². The standard InChI is InChI=1S/C23H22ClN3O5/c1-11(28)19-17-18(23(26-19)15-9-13(24)5-8-16(15)25-22(23)31)21(30)27(20(17)29)10-12-3-6-14(32-2)7-4-12/h3-9,11,17-19,26,28H,10H2,1-2H3,(H,25,31)/t11-,17-,18+,19-,23+/m1/s1. The fraction of sp³-hybridized carbons (Fsp3) is 0.348. The lowest BCUT2D eigenvalue weighted by molar-refractivity contribution is -0.143. The molecule has 0 radical (unpaired) electrons. The summed E-state index contributed by atoms with van der Waals surface area (Å²) in [5.41, 5.74) is 0.322. The Kier molecular flexibility index (Phi) is 4.77. The van der Waals surface area contributed by atoms with Crippen LogP contribution in [-0.4, -0.2) is 47.0 Å². The molecule has 3 aliphatic heterocycles. The summed E-state index contributed by atoms with van der Waals surface area (Å²) in [5.74, 6) is -2.49. The number of nitrogens with zero attached hydrogens (tertiary/aromatic N) is 1. The average Bonchev–Trinajstić information content (AvgIpc) is 3.36. The molecule has 8 nitrogen and oxygen atoms in total. The van der Waals surface area contributed by atoms with Crippen LogP contribution >= 0.6 is 11.6 Å². The van der Waals surface area contributed by atoms with E-state index in [-0.39, 0.29) is 6.54 Å². The monoisotopic (exact) mass is 455 g/mol. The van der Waals surface area contributed by atoms with Crippen molar-refractivity contribution >= 4 is 35.0 Å². The Balaban J connectivity index is 1.58. The van der Waals surface area contributed by atoms with Gasteiger partial charge in [0.25, 0.3) is 0 Å². The van der Waals surface area contributed by atoms with Crippen molar-refractivity contribution in [3.05, 3.63) is 58.6 Å². The number of ether oxygens (including phenoxy) is 1. The van der Waals surface area contributed by atoms with Crippen LogP contribution in [0.4, 0.5) is 5.69 Å².